The second-order valence-corrected chi connectivity index (χ2v) is 4.02. The first-order valence-corrected chi connectivity index (χ1v) is 5.41. The number of hydrogen-bond donors (Lipinski definition) is 1. The molecule has 1 fully saturated rings. The van der Waals surface area contributed by atoms with Gasteiger partial charge in [0.2, 0.25) is 5.97 Å². The van der Waals surface area contributed by atoms with Gasteiger partial charge in [0.1, 0.15) is 0 Å². The number of nitrogens with zero attached hydrogens (tertiary/aromatic N) is 2. The van der Waals surface area contributed by atoms with Crippen LogP contribution in [-0.2, 0) is 4.79 Å². The number of hydrogen-bond acceptors (Lipinski definition) is 2. The van der Waals surface area contributed by atoms with Crippen LogP contribution in [0.4, 0.5) is 0 Å². The van der Waals surface area contributed by atoms with Gasteiger partial charge in [0.25, 0.3) is 0 Å². The molecule has 0 atom stereocenters. The first kappa shape index (κ1) is 15.0. The Morgan fingerprint density at radius 1 is 1.47 bits per heavy atom. The van der Waals surface area contributed by atoms with Gasteiger partial charge in [0.15, 0.2) is 0 Å². The molecule has 1 saturated carbocycles. The smallest absolute Gasteiger partial charge is 0.535 e. The molecule has 1 aliphatic carbocycles. The van der Waals surface area contributed by atoms with Gasteiger partial charge in [-0.3, -0.25) is 5.10 Å². The van der Waals surface area contributed by atoms with Crippen LogP contribution in [-0.4, -0.2) is 20.9 Å². The van der Waals surface area contributed by atoms with Gasteiger partial charge in [-0.2, -0.15) is 6.92 Å². The third-order valence-electron chi connectivity index (χ3n) is 2.99. The molecule has 0 saturated heterocycles. The van der Waals surface area contributed by atoms with Crippen molar-refractivity contribution in [2.24, 2.45) is 5.92 Å². The molecule has 1 aromatic heterocycles. The Kier molecular flexibility index (Phi) is 5.95. The van der Waals surface area contributed by atoms with Gasteiger partial charge in [-0.25, -0.2) is 0 Å². The number of carboxylic acids is 1. The largest absolute Gasteiger partial charge is 1.00 e. The zero-order valence-corrected chi connectivity index (χ0v) is 13.1. The fourth-order valence-corrected chi connectivity index (χ4v) is 2.22. The van der Waals surface area contributed by atoms with Crippen LogP contribution in [0.5, 0.6) is 0 Å². The van der Waals surface area contributed by atoms with E-state index in [9.17, 15) is 4.79 Å². The summed E-state index contributed by atoms with van der Waals surface area (Å²) in [7, 11) is 0. The van der Waals surface area contributed by atoms with Crippen molar-refractivity contribution in [1.82, 2.24) is 9.78 Å². The molecule has 86 valence electrons. The molecule has 0 bridgehead atoms. The zero-order chi connectivity index (χ0) is 11.5. The Morgan fingerprint density at radius 3 is 2.59 bits per heavy atom. The van der Waals surface area contributed by atoms with Crippen LogP contribution in [0.25, 0.3) is 5.70 Å². The minimum absolute atomic E-state index is 0. The van der Waals surface area contributed by atoms with E-state index in [2.05, 4.69) is 18.2 Å². The summed E-state index contributed by atoms with van der Waals surface area (Å²) in [5.41, 5.74) is 0.821. The molecule has 4 nitrogen and oxygen atoms in total. The summed E-state index contributed by atoms with van der Waals surface area (Å²) in [6.45, 7) is 3.64. The van der Waals surface area contributed by atoms with Crippen LogP contribution in [0, 0.1) is 19.0 Å². The zero-order valence-electron chi connectivity index (χ0n) is 10.0. The van der Waals surface area contributed by atoms with Crippen molar-refractivity contribution in [1.29, 1.82) is 0 Å². The van der Waals surface area contributed by atoms with Crippen LogP contribution >= 0.6 is 0 Å². The molecule has 1 heterocycles. The van der Waals surface area contributed by atoms with E-state index in [0.29, 0.717) is 5.70 Å². The normalized spacial score (nSPS) is 17.4. The fraction of sp³-hybridized carbons (Fsp3) is 0.417. The second-order valence-electron chi connectivity index (χ2n) is 4.02. The minimum atomic E-state index is -0.981. The molecule has 0 radical (unpaired) electrons. The maximum Gasteiger partial charge on any atom is 1.00 e. The van der Waals surface area contributed by atoms with Crippen LogP contribution in [0.3, 0.4) is 0 Å². The van der Waals surface area contributed by atoms with Gasteiger partial charge >= 0.3 is 51.4 Å². The predicted molar refractivity (Wildman–Crippen MR) is 59.2 cm³/mol. The van der Waals surface area contributed by atoms with E-state index in [1.165, 1.54) is 4.68 Å². The molecular weight excluding hydrogens is 243 g/mol. The summed E-state index contributed by atoms with van der Waals surface area (Å²) in [6.07, 6.45) is 8.80. The number of carbonyl (C=O) groups is 1. The summed E-state index contributed by atoms with van der Waals surface area (Å²) in [4.78, 5) is 11.0. The van der Waals surface area contributed by atoms with E-state index in [4.69, 9.17) is 5.11 Å². The Labute approximate surface area is 144 Å². The molecule has 0 amide bonds. The SMILES string of the molecule is [CH2-]/C(C(=O)O)=C(/C1CCCC1)n1[c-]ccn1.[K+]. The number of carboxylic acid groups (broad SMARTS) is 1. The van der Waals surface area contributed by atoms with Crippen LogP contribution in [0.1, 0.15) is 25.7 Å². The van der Waals surface area contributed by atoms with Gasteiger partial charge in [-0.1, -0.05) is 49.3 Å². The van der Waals surface area contributed by atoms with E-state index >= 15 is 0 Å². The molecule has 17 heavy (non-hydrogen) atoms. The van der Waals surface area contributed by atoms with Crippen LogP contribution < -0.4 is 51.4 Å². The molecule has 1 aromatic rings. The molecule has 2 rings (SSSR count). The van der Waals surface area contributed by atoms with Crippen molar-refractivity contribution in [2.45, 2.75) is 25.7 Å². The molecule has 0 aliphatic heterocycles. The number of allylic oxidation sites excluding steroid dienone is 1. The fourth-order valence-electron chi connectivity index (χ4n) is 2.22. The van der Waals surface area contributed by atoms with Crippen molar-refractivity contribution in [3.63, 3.8) is 0 Å². The van der Waals surface area contributed by atoms with Crippen LogP contribution in [0.15, 0.2) is 17.8 Å². The van der Waals surface area contributed by atoms with Gasteiger partial charge in [0, 0.05) is 0 Å². The first-order chi connectivity index (χ1) is 7.70. The topological polar surface area (TPSA) is 55.1 Å². The summed E-state index contributed by atoms with van der Waals surface area (Å²) in [5, 5.41) is 13.1. The number of rotatable bonds is 3. The van der Waals surface area contributed by atoms with E-state index in [1.54, 1.807) is 12.3 Å². The van der Waals surface area contributed by atoms with Crippen molar-refractivity contribution >= 4 is 11.7 Å². The van der Waals surface area contributed by atoms with Gasteiger partial charge in [-0.15, -0.1) is 6.07 Å². The average Bonchev–Trinajstić information content (AvgIpc) is 2.89. The summed E-state index contributed by atoms with van der Waals surface area (Å²) in [5.74, 6) is -0.731. The van der Waals surface area contributed by atoms with Crippen LogP contribution in [0.2, 0.25) is 0 Å². The molecule has 0 spiro atoms. The van der Waals surface area contributed by atoms with E-state index < -0.39 is 5.97 Å². The molecular formula is C12H14KN2O2-. The van der Waals surface area contributed by atoms with Crippen molar-refractivity contribution in [2.75, 3.05) is 0 Å². The van der Waals surface area contributed by atoms with Gasteiger partial charge < -0.3 is 14.6 Å². The van der Waals surface area contributed by atoms with Gasteiger partial charge in [0.05, 0.1) is 0 Å². The third kappa shape index (κ3) is 3.45. The van der Waals surface area contributed by atoms with Crippen molar-refractivity contribution in [3.8, 4) is 0 Å². The molecule has 1 aliphatic rings. The molecule has 5 heteroatoms. The number of aromatic nitrogens is 2. The second kappa shape index (κ2) is 6.75. The monoisotopic (exact) mass is 257 g/mol. The average molecular weight is 257 g/mol. The predicted octanol–water partition coefficient (Wildman–Crippen LogP) is -0.993. The Hall–Kier alpha value is -0.0736. The van der Waals surface area contributed by atoms with E-state index in [-0.39, 0.29) is 62.9 Å². The Bertz CT molecular complexity index is 406. The van der Waals surface area contributed by atoms with Crippen molar-refractivity contribution in [3.05, 3.63) is 31.0 Å². The molecule has 0 aromatic carbocycles. The maximum atomic E-state index is 11.0. The third-order valence-corrected chi connectivity index (χ3v) is 2.99. The molecule has 1 N–H and O–H groups in total. The summed E-state index contributed by atoms with van der Waals surface area (Å²) >= 11 is 0. The van der Waals surface area contributed by atoms with Crippen molar-refractivity contribution < 1.29 is 61.3 Å². The minimum Gasteiger partial charge on any atom is -0.535 e. The summed E-state index contributed by atoms with van der Waals surface area (Å²) in [6, 6.07) is 1.67. The Balaban J connectivity index is 0.00000144. The summed E-state index contributed by atoms with van der Waals surface area (Å²) < 4.78 is 1.52. The Morgan fingerprint density at radius 2 is 2.12 bits per heavy atom. The quantitative estimate of drug-likeness (QED) is 0.430. The first-order valence-electron chi connectivity index (χ1n) is 5.41. The maximum absolute atomic E-state index is 11.0. The molecule has 0 unspecified atom stereocenters. The van der Waals surface area contributed by atoms with E-state index in [1.807, 2.05) is 0 Å². The number of aliphatic carboxylic acids is 1. The van der Waals surface area contributed by atoms with E-state index in [0.717, 1.165) is 25.7 Å². The van der Waals surface area contributed by atoms with Gasteiger partial charge in [-0.05, 0) is 5.92 Å². The standard InChI is InChI=1S/C12H14N2O2.K/c1-9(12(15)16)11(10-5-2-3-6-10)14-8-4-7-13-14;/h4,7,10H,1-3,5-6H2,(H,15,16);/q-2;+1/b11-9+;.